The van der Waals surface area contributed by atoms with E-state index in [9.17, 15) is 4.79 Å². The minimum atomic E-state index is -0.389. The number of carbonyl (C=O) groups excluding carboxylic acids is 1. The molecule has 0 unspecified atom stereocenters. The molecule has 1 aromatic rings. The maximum absolute atomic E-state index is 12.2. The van der Waals surface area contributed by atoms with E-state index in [1.54, 1.807) is 0 Å². The zero-order chi connectivity index (χ0) is 14.3. The van der Waals surface area contributed by atoms with Crippen LogP contribution in [0.1, 0.15) is 53.0 Å². The summed E-state index contributed by atoms with van der Waals surface area (Å²) in [6, 6.07) is 8.49. The van der Waals surface area contributed by atoms with Crippen molar-refractivity contribution in [2.45, 2.75) is 58.4 Å². The van der Waals surface area contributed by atoms with Gasteiger partial charge in [0.15, 0.2) is 5.78 Å². The van der Waals surface area contributed by atoms with Crippen LogP contribution >= 0.6 is 0 Å². The Balaban J connectivity index is 2.50. The monoisotopic (exact) mass is 259 g/mol. The fourth-order valence-corrected chi connectivity index (χ4v) is 2.90. The van der Waals surface area contributed by atoms with Crippen LogP contribution in [0.5, 0.6) is 0 Å². The van der Waals surface area contributed by atoms with Crippen molar-refractivity contribution in [1.29, 1.82) is 0 Å². The standard InChI is InChI=1S/C17H25NO/c1-16(2,3)13-9-6-7-10-14(13)18-12-8-11-15(19)17(18,4)5/h6-7,9-10H,8,11-12H2,1-5H3. The number of nitrogens with zero attached hydrogens (tertiary/aromatic N) is 1. The van der Waals surface area contributed by atoms with Crippen LogP contribution in [0.3, 0.4) is 0 Å². The largest absolute Gasteiger partial charge is 0.359 e. The molecule has 0 bridgehead atoms. The molecule has 1 saturated heterocycles. The number of carbonyl (C=O) groups is 1. The Morgan fingerprint density at radius 2 is 1.79 bits per heavy atom. The van der Waals surface area contributed by atoms with Crippen LogP contribution in [0.4, 0.5) is 5.69 Å². The number of hydrogen-bond acceptors (Lipinski definition) is 2. The number of ketones is 1. The van der Waals surface area contributed by atoms with Gasteiger partial charge in [0.1, 0.15) is 0 Å². The molecular weight excluding hydrogens is 234 g/mol. The van der Waals surface area contributed by atoms with Gasteiger partial charge in [-0.15, -0.1) is 0 Å². The summed E-state index contributed by atoms with van der Waals surface area (Å²) in [6.07, 6.45) is 1.67. The number of anilines is 1. The average molecular weight is 259 g/mol. The molecule has 1 aromatic carbocycles. The average Bonchev–Trinajstić information content (AvgIpc) is 2.31. The molecule has 2 heteroatoms. The summed E-state index contributed by atoms with van der Waals surface area (Å²) in [4.78, 5) is 14.5. The summed E-state index contributed by atoms with van der Waals surface area (Å²) in [6.45, 7) is 11.7. The first-order valence-corrected chi connectivity index (χ1v) is 7.15. The molecule has 0 aliphatic carbocycles. The number of Topliss-reactive ketones (excluding diaryl/α,β-unsaturated/α-hetero) is 1. The predicted molar refractivity (Wildman–Crippen MR) is 80.8 cm³/mol. The molecule has 0 atom stereocenters. The fourth-order valence-electron chi connectivity index (χ4n) is 2.90. The second-order valence-electron chi connectivity index (χ2n) is 7.00. The molecule has 0 radical (unpaired) electrons. The first-order valence-electron chi connectivity index (χ1n) is 7.15. The maximum atomic E-state index is 12.2. The molecule has 0 saturated carbocycles. The van der Waals surface area contributed by atoms with Gasteiger partial charge in [0, 0.05) is 18.7 Å². The molecule has 0 N–H and O–H groups in total. The van der Waals surface area contributed by atoms with E-state index in [4.69, 9.17) is 0 Å². The number of rotatable bonds is 1. The van der Waals surface area contributed by atoms with Gasteiger partial charge in [0.25, 0.3) is 0 Å². The van der Waals surface area contributed by atoms with Crippen molar-refractivity contribution in [2.24, 2.45) is 0 Å². The molecule has 0 spiro atoms. The number of para-hydroxylation sites is 1. The van der Waals surface area contributed by atoms with Crippen LogP contribution < -0.4 is 4.90 Å². The quantitative estimate of drug-likeness (QED) is 0.761. The Kier molecular flexibility index (Phi) is 3.46. The van der Waals surface area contributed by atoms with Crippen molar-refractivity contribution in [2.75, 3.05) is 11.4 Å². The molecule has 1 aliphatic heterocycles. The van der Waals surface area contributed by atoms with Crippen LogP contribution in [-0.4, -0.2) is 17.9 Å². The third-order valence-electron chi connectivity index (χ3n) is 4.15. The fraction of sp³-hybridized carbons (Fsp3) is 0.588. The molecule has 1 fully saturated rings. The van der Waals surface area contributed by atoms with Gasteiger partial charge in [-0.25, -0.2) is 0 Å². The van der Waals surface area contributed by atoms with E-state index in [2.05, 4.69) is 49.9 Å². The Bertz CT molecular complexity index is 482. The van der Waals surface area contributed by atoms with Gasteiger partial charge in [-0.3, -0.25) is 4.79 Å². The van der Waals surface area contributed by atoms with Crippen molar-refractivity contribution in [3.63, 3.8) is 0 Å². The van der Waals surface area contributed by atoms with E-state index < -0.39 is 0 Å². The number of piperidine rings is 1. The van der Waals surface area contributed by atoms with Crippen LogP contribution in [0.2, 0.25) is 0 Å². The minimum Gasteiger partial charge on any atom is -0.359 e. The van der Waals surface area contributed by atoms with E-state index in [1.165, 1.54) is 11.3 Å². The summed E-state index contributed by atoms with van der Waals surface area (Å²) in [7, 11) is 0. The highest BCUT2D eigenvalue weighted by molar-refractivity contribution is 5.92. The number of benzene rings is 1. The van der Waals surface area contributed by atoms with E-state index in [0.717, 1.165) is 13.0 Å². The maximum Gasteiger partial charge on any atom is 0.157 e. The SMILES string of the molecule is CC(C)(C)c1ccccc1N1CCCC(=O)C1(C)C. The molecule has 19 heavy (non-hydrogen) atoms. The highest BCUT2D eigenvalue weighted by Gasteiger charge is 2.38. The zero-order valence-electron chi connectivity index (χ0n) is 12.8. The van der Waals surface area contributed by atoms with Gasteiger partial charge in [0.2, 0.25) is 0 Å². The van der Waals surface area contributed by atoms with Gasteiger partial charge >= 0.3 is 0 Å². The Labute approximate surface area is 116 Å². The summed E-state index contributed by atoms with van der Waals surface area (Å²) < 4.78 is 0. The van der Waals surface area contributed by atoms with Gasteiger partial charge in [-0.1, -0.05) is 39.0 Å². The summed E-state index contributed by atoms with van der Waals surface area (Å²) in [5.41, 5.74) is 2.23. The van der Waals surface area contributed by atoms with Gasteiger partial charge in [-0.05, 0) is 37.3 Å². The molecule has 1 heterocycles. The van der Waals surface area contributed by atoms with E-state index >= 15 is 0 Å². The Morgan fingerprint density at radius 3 is 2.42 bits per heavy atom. The minimum absolute atomic E-state index is 0.0904. The molecule has 104 valence electrons. The van der Waals surface area contributed by atoms with E-state index in [-0.39, 0.29) is 11.0 Å². The molecule has 1 aliphatic rings. The normalized spacial score (nSPS) is 19.6. The van der Waals surface area contributed by atoms with Crippen molar-refractivity contribution >= 4 is 11.5 Å². The van der Waals surface area contributed by atoms with Crippen molar-refractivity contribution in [3.05, 3.63) is 29.8 Å². The van der Waals surface area contributed by atoms with Crippen molar-refractivity contribution in [3.8, 4) is 0 Å². The van der Waals surface area contributed by atoms with Crippen molar-refractivity contribution in [1.82, 2.24) is 0 Å². The Hall–Kier alpha value is -1.31. The van der Waals surface area contributed by atoms with Gasteiger partial charge in [0.05, 0.1) is 5.54 Å². The third-order valence-corrected chi connectivity index (χ3v) is 4.15. The number of hydrogen-bond donors (Lipinski definition) is 0. The van der Waals surface area contributed by atoms with E-state index in [1.807, 2.05) is 13.8 Å². The van der Waals surface area contributed by atoms with E-state index in [0.29, 0.717) is 12.2 Å². The highest BCUT2D eigenvalue weighted by atomic mass is 16.1. The summed E-state index contributed by atoms with van der Waals surface area (Å²) >= 11 is 0. The first kappa shape index (κ1) is 14.1. The van der Waals surface area contributed by atoms with Gasteiger partial charge in [-0.2, -0.15) is 0 Å². The van der Waals surface area contributed by atoms with Crippen LogP contribution in [0, 0.1) is 0 Å². The molecule has 2 nitrogen and oxygen atoms in total. The van der Waals surface area contributed by atoms with Crippen molar-refractivity contribution < 1.29 is 4.79 Å². The summed E-state index contributed by atoms with van der Waals surface area (Å²) in [5.74, 6) is 0.350. The topological polar surface area (TPSA) is 20.3 Å². The molecular formula is C17H25NO. The first-order chi connectivity index (χ1) is 8.74. The smallest absolute Gasteiger partial charge is 0.157 e. The third kappa shape index (κ3) is 2.54. The highest BCUT2D eigenvalue weighted by Crippen LogP contribution is 2.37. The lowest BCUT2D eigenvalue weighted by Crippen LogP contribution is -2.54. The van der Waals surface area contributed by atoms with Crippen LogP contribution in [-0.2, 0) is 10.2 Å². The molecule has 2 rings (SSSR count). The second kappa shape index (κ2) is 4.66. The summed E-state index contributed by atoms with van der Waals surface area (Å²) in [5, 5.41) is 0. The second-order valence-corrected chi connectivity index (χ2v) is 7.00. The zero-order valence-corrected chi connectivity index (χ0v) is 12.8. The lowest BCUT2D eigenvalue weighted by atomic mass is 9.82. The van der Waals surface area contributed by atoms with Gasteiger partial charge < -0.3 is 4.90 Å². The van der Waals surface area contributed by atoms with Crippen LogP contribution in [0.25, 0.3) is 0 Å². The lowest BCUT2D eigenvalue weighted by Gasteiger charge is -2.44. The Morgan fingerprint density at radius 1 is 1.16 bits per heavy atom. The van der Waals surface area contributed by atoms with Crippen LogP contribution in [0.15, 0.2) is 24.3 Å². The molecule has 0 amide bonds. The predicted octanol–water partition coefficient (Wildman–Crippen LogP) is 3.93. The lowest BCUT2D eigenvalue weighted by molar-refractivity contribution is -0.124. The molecule has 0 aromatic heterocycles.